The molecule has 0 aromatic carbocycles. The molecule has 0 aliphatic carbocycles. The fourth-order valence-electron chi connectivity index (χ4n) is 0.987. The summed E-state index contributed by atoms with van der Waals surface area (Å²) >= 11 is 2.83. The molecular weight excluding hydrogens is 238 g/mol. The molecule has 1 rings (SSSR count). The summed E-state index contributed by atoms with van der Waals surface area (Å²) in [5.74, 6) is 1.25. The molecule has 1 amide bonds. The molecule has 4 nitrogen and oxygen atoms in total. The predicted molar refractivity (Wildman–Crippen MR) is 50.0 cm³/mol. The van der Waals surface area contributed by atoms with Crippen molar-refractivity contribution < 1.29 is 14.3 Å². The number of nitrogens with one attached hydrogen (secondary N) is 1. The van der Waals surface area contributed by atoms with Crippen molar-refractivity contribution in [2.45, 2.75) is 12.7 Å². The molecule has 0 aromatic rings. The number of hydrogen-bond donors (Lipinski definition) is 1. The fraction of sp³-hybridized carbons (Fsp3) is 0.625. The van der Waals surface area contributed by atoms with Gasteiger partial charge in [0.05, 0.1) is 19.8 Å². The molecule has 1 aliphatic rings. The first-order valence-corrected chi connectivity index (χ1v) is 4.63. The summed E-state index contributed by atoms with van der Waals surface area (Å²) in [6, 6.07) is 0. The van der Waals surface area contributed by atoms with Crippen LogP contribution < -0.4 is 5.32 Å². The summed E-state index contributed by atoms with van der Waals surface area (Å²) in [6.45, 7) is 3.22. The van der Waals surface area contributed by atoms with Gasteiger partial charge in [0.25, 0.3) is 5.91 Å². The largest absolute Gasteiger partial charge is 0.346 e. The summed E-state index contributed by atoms with van der Waals surface area (Å²) < 4.78 is 10.5. The van der Waals surface area contributed by atoms with Crippen LogP contribution in [0.5, 0.6) is 0 Å². The van der Waals surface area contributed by atoms with Crippen LogP contribution in [-0.4, -0.2) is 31.5 Å². The minimum Gasteiger partial charge on any atom is -0.346 e. The Bertz CT molecular complexity index is 250. The summed E-state index contributed by atoms with van der Waals surface area (Å²) in [5.41, 5.74) is 0. The first kappa shape index (κ1) is 10.5. The predicted octanol–water partition coefficient (Wildman–Crippen LogP) is 0.221. The minimum atomic E-state index is -0.691. The highest BCUT2D eigenvalue weighted by Crippen LogP contribution is 2.16. The maximum Gasteiger partial charge on any atom is 0.296 e. The zero-order valence-corrected chi connectivity index (χ0v) is 8.81. The first-order chi connectivity index (χ1) is 6.16. The van der Waals surface area contributed by atoms with E-state index in [0.717, 1.165) is 0 Å². The second-order valence-electron chi connectivity index (χ2n) is 2.73. The Kier molecular flexibility index (Phi) is 3.72. The number of rotatable bonds is 2. The summed E-state index contributed by atoms with van der Waals surface area (Å²) in [6.07, 6.45) is 0. The third kappa shape index (κ3) is 3.35. The Balaban J connectivity index is 2.31. The maximum atomic E-state index is 10.9. The quantitative estimate of drug-likeness (QED) is 0.711. The van der Waals surface area contributed by atoms with Gasteiger partial charge in [-0.05, 0) is 11.8 Å². The number of hydrogen-bond acceptors (Lipinski definition) is 3. The molecule has 0 radical (unpaired) electrons. The average Bonchev–Trinajstić information content (AvgIpc) is 2.51. The molecule has 0 atom stereocenters. The average molecular weight is 248 g/mol. The van der Waals surface area contributed by atoms with Gasteiger partial charge >= 0.3 is 0 Å². The van der Waals surface area contributed by atoms with Crippen LogP contribution in [0.3, 0.4) is 0 Å². The maximum absolute atomic E-state index is 10.9. The molecule has 1 heterocycles. The SMILES string of the molecule is CC1(CNC(=O)C#CBr)OCCO1. The number of carbonyl (C=O) groups excluding carboxylic acids is 1. The molecule has 5 heteroatoms. The summed E-state index contributed by atoms with van der Waals surface area (Å²) in [4.78, 5) is 13.2. The van der Waals surface area contributed by atoms with E-state index in [-0.39, 0.29) is 5.91 Å². The lowest BCUT2D eigenvalue weighted by molar-refractivity contribution is -0.143. The van der Waals surface area contributed by atoms with Crippen LogP contribution in [0.2, 0.25) is 0 Å². The summed E-state index contributed by atoms with van der Waals surface area (Å²) in [7, 11) is 0. The molecule has 0 bridgehead atoms. The van der Waals surface area contributed by atoms with Gasteiger partial charge in [0.2, 0.25) is 0 Å². The monoisotopic (exact) mass is 247 g/mol. The molecule has 0 aromatic heterocycles. The number of halogens is 1. The third-order valence-corrected chi connectivity index (χ3v) is 1.83. The van der Waals surface area contributed by atoms with Gasteiger partial charge in [-0.3, -0.25) is 4.79 Å². The molecule has 1 aliphatic heterocycles. The lowest BCUT2D eigenvalue weighted by atomic mass is 10.3. The van der Waals surface area contributed by atoms with E-state index in [1.54, 1.807) is 6.92 Å². The van der Waals surface area contributed by atoms with Crippen LogP contribution in [0.4, 0.5) is 0 Å². The number of ether oxygens (including phenoxy) is 2. The van der Waals surface area contributed by atoms with Crippen molar-refractivity contribution in [2.75, 3.05) is 19.8 Å². The molecule has 1 N–H and O–H groups in total. The molecule has 1 fully saturated rings. The second-order valence-corrected chi connectivity index (χ2v) is 3.13. The second kappa shape index (κ2) is 4.61. The van der Waals surface area contributed by atoms with Gasteiger partial charge in [-0.25, -0.2) is 0 Å². The Morgan fingerprint density at radius 3 is 2.77 bits per heavy atom. The van der Waals surface area contributed by atoms with Gasteiger partial charge in [-0.1, -0.05) is 0 Å². The molecule has 0 unspecified atom stereocenters. The van der Waals surface area contributed by atoms with Crippen LogP contribution in [0.1, 0.15) is 6.92 Å². The van der Waals surface area contributed by atoms with E-state index < -0.39 is 5.79 Å². The van der Waals surface area contributed by atoms with Crippen LogP contribution in [-0.2, 0) is 14.3 Å². The van der Waals surface area contributed by atoms with Gasteiger partial charge < -0.3 is 14.8 Å². The van der Waals surface area contributed by atoms with Crippen molar-refractivity contribution in [2.24, 2.45) is 0 Å². The lowest BCUT2D eigenvalue weighted by Gasteiger charge is -2.21. The van der Waals surface area contributed by atoms with Crippen molar-refractivity contribution in [1.82, 2.24) is 5.32 Å². The molecule has 72 valence electrons. The first-order valence-electron chi connectivity index (χ1n) is 3.84. The van der Waals surface area contributed by atoms with Crippen molar-refractivity contribution in [3.05, 3.63) is 0 Å². The molecule has 1 saturated heterocycles. The number of carbonyl (C=O) groups is 1. The molecule has 0 spiro atoms. The van der Waals surface area contributed by atoms with Gasteiger partial charge in [0, 0.05) is 21.9 Å². The van der Waals surface area contributed by atoms with E-state index in [1.807, 2.05) is 0 Å². The standard InChI is InChI=1S/C8H10BrNO3/c1-8(12-4-5-13-8)6-10-7(11)2-3-9/h4-6H2,1H3,(H,10,11). The zero-order chi connectivity index (χ0) is 9.73. The van der Waals surface area contributed by atoms with Crippen LogP contribution in [0.25, 0.3) is 0 Å². The molecular formula is C8H10BrNO3. The minimum absolute atomic E-state index is 0.313. The van der Waals surface area contributed by atoms with Gasteiger partial charge in [-0.15, -0.1) is 0 Å². The van der Waals surface area contributed by atoms with Crippen molar-refractivity contribution in [1.29, 1.82) is 0 Å². The van der Waals surface area contributed by atoms with E-state index in [1.165, 1.54) is 0 Å². The fourth-order valence-corrected chi connectivity index (χ4v) is 1.17. The smallest absolute Gasteiger partial charge is 0.296 e. The van der Waals surface area contributed by atoms with Gasteiger partial charge in [-0.2, -0.15) is 0 Å². The normalized spacial score (nSPS) is 18.9. The van der Waals surface area contributed by atoms with Gasteiger partial charge in [0.15, 0.2) is 5.79 Å². The van der Waals surface area contributed by atoms with Crippen LogP contribution in [0.15, 0.2) is 0 Å². The number of amides is 1. The van der Waals surface area contributed by atoms with E-state index in [2.05, 4.69) is 32.0 Å². The van der Waals surface area contributed by atoms with Crippen LogP contribution >= 0.6 is 15.9 Å². The molecule has 13 heavy (non-hydrogen) atoms. The van der Waals surface area contributed by atoms with Crippen molar-refractivity contribution in [3.63, 3.8) is 0 Å². The Morgan fingerprint density at radius 2 is 2.23 bits per heavy atom. The van der Waals surface area contributed by atoms with E-state index in [4.69, 9.17) is 9.47 Å². The van der Waals surface area contributed by atoms with E-state index in [9.17, 15) is 4.79 Å². The van der Waals surface area contributed by atoms with Crippen LogP contribution in [0, 0.1) is 10.8 Å². The Morgan fingerprint density at radius 1 is 1.62 bits per heavy atom. The zero-order valence-electron chi connectivity index (χ0n) is 7.22. The highest BCUT2D eigenvalue weighted by Gasteiger charge is 2.30. The van der Waals surface area contributed by atoms with Crippen molar-refractivity contribution in [3.8, 4) is 10.8 Å². The topological polar surface area (TPSA) is 47.6 Å². The third-order valence-electron chi connectivity index (χ3n) is 1.63. The highest BCUT2D eigenvalue weighted by molar-refractivity contribution is 9.12. The summed E-state index contributed by atoms with van der Waals surface area (Å²) in [5, 5.41) is 2.57. The van der Waals surface area contributed by atoms with Gasteiger partial charge in [0.1, 0.15) is 0 Å². The Labute approximate surface area is 85.1 Å². The van der Waals surface area contributed by atoms with Crippen molar-refractivity contribution >= 4 is 21.8 Å². The van der Waals surface area contributed by atoms with E-state index >= 15 is 0 Å². The Hall–Kier alpha value is -0.570. The lowest BCUT2D eigenvalue weighted by Crippen LogP contribution is -2.41. The van der Waals surface area contributed by atoms with E-state index in [0.29, 0.717) is 19.8 Å². The molecule has 0 saturated carbocycles. The highest BCUT2D eigenvalue weighted by atomic mass is 79.9.